The molecule has 8 nitrogen and oxygen atoms in total. The van der Waals surface area contributed by atoms with E-state index in [0.717, 1.165) is 32.3 Å². The Hall–Kier alpha value is -4.28. The Labute approximate surface area is 283 Å². The van der Waals surface area contributed by atoms with Crippen LogP contribution in [-0.2, 0) is 32.6 Å². The van der Waals surface area contributed by atoms with E-state index in [4.69, 9.17) is 4.74 Å². The molecule has 0 saturated carbocycles. The molecule has 0 radical (unpaired) electrons. The summed E-state index contributed by atoms with van der Waals surface area (Å²) in [6, 6.07) is 29.6. The predicted octanol–water partition coefficient (Wildman–Crippen LogP) is 6.48. The molecule has 4 aromatic rings. The van der Waals surface area contributed by atoms with E-state index in [0.29, 0.717) is 24.6 Å². The number of hydrogen-bond donors (Lipinski definition) is 1. The number of nitrogens with zero attached hydrogens (tertiary/aromatic N) is 2. The van der Waals surface area contributed by atoms with E-state index >= 15 is 0 Å². The molecule has 0 fully saturated rings. The van der Waals surface area contributed by atoms with E-state index < -0.39 is 28.5 Å². The first kappa shape index (κ1) is 35.6. The fourth-order valence-electron chi connectivity index (χ4n) is 5.09. The molecule has 0 bridgehead atoms. The summed E-state index contributed by atoms with van der Waals surface area (Å²) >= 11 is 1.51. The van der Waals surface area contributed by atoms with Gasteiger partial charge in [0.1, 0.15) is 18.3 Å². The highest BCUT2D eigenvalue weighted by Crippen LogP contribution is 2.28. The minimum Gasteiger partial charge on any atom is -0.494 e. The quantitative estimate of drug-likeness (QED) is 0.137. The topological polar surface area (TPSA) is 96.0 Å². The van der Waals surface area contributed by atoms with Crippen molar-refractivity contribution in [3.05, 3.63) is 120 Å². The van der Waals surface area contributed by atoms with Crippen LogP contribution in [0.1, 0.15) is 37.0 Å². The fourth-order valence-corrected chi connectivity index (χ4v) is 6.91. The second-order valence-corrected chi connectivity index (χ2v) is 13.9. The monoisotopic (exact) mass is 673 g/mol. The number of thioether (sulfide) groups is 1. The molecular weight excluding hydrogens is 631 g/mol. The molecular formula is C37H43N3O5S2. The molecule has 0 aliphatic heterocycles. The lowest BCUT2D eigenvalue weighted by atomic mass is 10.0. The van der Waals surface area contributed by atoms with E-state index in [1.807, 2.05) is 81.6 Å². The molecule has 4 rings (SSSR count). The lowest BCUT2D eigenvalue weighted by Gasteiger charge is -2.34. The molecule has 0 aliphatic rings. The van der Waals surface area contributed by atoms with Crippen molar-refractivity contribution in [1.29, 1.82) is 0 Å². The molecule has 0 aliphatic carbocycles. The van der Waals surface area contributed by atoms with Gasteiger partial charge in [0.25, 0.3) is 10.0 Å². The second-order valence-electron chi connectivity index (χ2n) is 11.1. The van der Waals surface area contributed by atoms with Gasteiger partial charge in [-0.15, -0.1) is 11.8 Å². The molecule has 1 N–H and O–H groups in total. The molecule has 0 spiro atoms. The first-order valence-corrected chi connectivity index (χ1v) is 18.4. The largest absolute Gasteiger partial charge is 0.494 e. The number of hydrogen-bond acceptors (Lipinski definition) is 6. The van der Waals surface area contributed by atoms with Gasteiger partial charge in [-0.3, -0.25) is 13.9 Å². The minimum atomic E-state index is -4.20. The van der Waals surface area contributed by atoms with Crippen LogP contribution in [0.5, 0.6) is 5.75 Å². The Morgan fingerprint density at radius 1 is 0.851 bits per heavy atom. The first-order valence-electron chi connectivity index (χ1n) is 15.7. The average Bonchev–Trinajstić information content (AvgIpc) is 3.09. The number of amides is 2. The Kier molecular flexibility index (Phi) is 12.9. The van der Waals surface area contributed by atoms with Crippen molar-refractivity contribution in [2.24, 2.45) is 0 Å². The Morgan fingerprint density at radius 2 is 1.51 bits per heavy atom. The van der Waals surface area contributed by atoms with Crippen molar-refractivity contribution in [3.63, 3.8) is 0 Å². The number of benzene rings is 4. The molecule has 0 saturated heterocycles. The van der Waals surface area contributed by atoms with Gasteiger partial charge in [-0.1, -0.05) is 67.1 Å². The summed E-state index contributed by atoms with van der Waals surface area (Å²) in [6.07, 6.45) is 2.91. The normalized spacial score (nSPS) is 11.8. The molecule has 47 heavy (non-hydrogen) atoms. The summed E-state index contributed by atoms with van der Waals surface area (Å²) in [5.41, 5.74) is 3.08. The summed E-state index contributed by atoms with van der Waals surface area (Å²) in [7, 11) is -4.20. The van der Waals surface area contributed by atoms with Gasteiger partial charge >= 0.3 is 0 Å². The number of ether oxygens (including phenoxy) is 1. The molecule has 0 unspecified atom stereocenters. The molecule has 4 aromatic carbocycles. The lowest BCUT2D eigenvalue weighted by molar-refractivity contribution is -0.140. The van der Waals surface area contributed by atoms with Crippen molar-refractivity contribution >= 4 is 39.3 Å². The van der Waals surface area contributed by atoms with E-state index in [9.17, 15) is 18.0 Å². The Balaban J connectivity index is 1.79. The van der Waals surface area contributed by atoms with Crippen molar-refractivity contribution in [3.8, 4) is 5.75 Å². The summed E-state index contributed by atoms with van der Waals surface area (Å²) in [5, 5.41) is 2.97. The van der Waals surface area contributed by atoms with Crippen molar-refractivity contribution in [1.82, 2.24) is 10.2 Å². The number of aryl methyl sites for hydroxylation is 1. The second kappa shape index (κ2) is 17.0. The summed E-state index contributed by atoms with van der Waals surface area (Å²) in [5.74, 6) is -0.212. The van der Waals surface area contributed by atoms with E-state index in [-0.39, 0.29) is 23.8 Å². The Bertz CT molecular complexity index is 1700. The summed E-state index contributed by atoms with van der Waals surface area (Å²) in [4.78, 5) is 30.8. The van der Waals surface area contributed by atoms with Gasteiger partial charge in [0.05, 0.1) is 17.2 Å². The zero-order valence-corrected chi connectivity index (χ0v) is 29.0. The van der Waals surface area contributed by atoms with Crippen LogP contribution in [0.25, 0.3) is 0 Å². The van der Waals surface area contributed by atoms with Crippen LogP contribution in [0.3, 0.4) is 0 Å². The maximum atomic E-state index is 14.6. The highest BCUT2D eigenvalue weighted by atomic mass is 32.2. The highest BCUT2D eigenvalue weighted by molar-refractivity contribution is 7.98. The SMILES string of the molecule is CCCNC(=O)[C@@H](Cc1ccccc1)N(Cc1ccc(C)cc1)C(=O)CN(c1ccc(OCC)cc1)S(=O)(=O)c1ccc(SC)cc1. The Morgan fingerprint density at radius 3 is 2.11 bits per heavy atom. The maximum Gasteiger partial charge on any atom is 0.264 e. The highest BCUT2D eigenvalue weighted by Gasteiger charge is 2.34. The summed E-state index contributed by atoms with van der Waals surface area (Å²) in [6.45, 7) is 6.33. The maximum absolute atomic E-state index is 14.6. The first-order chi connectivity index (χ1) is 22.7. The van der Waals surface area contributed by atoms with Crippen LogP contribution in [0.2, 0.25) is 0 Å². The average molecular weight is 674 g/mol. The van der Waals surface area contributed by atoms with Crippen LogP contribution >= 0.6 is 11.8 Å². The van der Waals surface area contributed by atoms with Crippen LogP contribution in [0, 0.1) is 6.92 Å². The number of anilines is 1. The molecule has 1 atom stereocenters. The smallest absolute Gasteiger partial charge is 0.264 e. The van der Waals surface area contributed by atoms with Crippen molar-refractivity contribution in [2.75, 3.05) is 30.3 Å². The molecule has 248 valence electrons. The van der Waals surface area contributed by atoms with Crippen molar-refractivity contribution in [2.45, 2.75) is 56.0 Å². The number of nitrogens with one attached hydrogen (secondary N) is 1. The third-order valence-electron chi connectivity index (χ3n) is 7.66. The van der Waals surface area contributed by atoms with Gasteiger partial charge in [-0.25, -0.2) is 8.42 Å². The number of sulfonamides is 1. The summed E-state index contributed by atoms with van der Waals surface area (Å²) < 4.78 is 35.2. The third kappa shape index (κ3) is 9.62. The number of rotatable bonds is 16. The van der Waals surface area contributed by atoms with Gasteiger partial charge in [0.15, 0.2) is 0 Å². The van der Waals surface area contributed by atoms with E-state index in [1.54, 1.807) is 48.5 Å². The van der Waals surface area contributed by atoms with E-state index in [1.165, 1.54) is 16.7 Å². The zero-order valence-electron chi connectivity index (χ0n) is 27.4. The standard InChI is InChI=1S/C37H43N3O5S2/c1-5-24-38-37(42)35(25-29-10-8-7-9-11-29)39(26-30-14-12-28(3)13-15-30)36(41)27-40(31-16-18-32(19-17-31)45-6-2)47(43,44)34-22-20-33(46-4)21-23-34/h7-23,35H,5-6,24-27H2,1-4H3,(H,38,42)/t35-/m1/s1. The van der Waals surface area contributed by atoms with Crippen LogP contribution in [-0.4, -0.2) is 57.1 Å². The van der Waals surface area contributed by atoms with Gasteiger partial charge in [-0.05, 0) is 86.2 Å². The van der Waals surface area contributed by atoms with Crippen LogP contribution in [0.4, 0.5) is 5.69 Å². The number of carbonyl (C=O) groups excluding carboxylic acids is 2. The molecule has 10 heteroatoms. The van der Waals surface area contributed by atoms with Crippen molar-refractivity contribution < 1.29 is 22.7 Å². The number of carbonyl (C=O) groups is 2. The van der Waals surface area contributed by atoms with Gasteiger partial charge in [0, 0.05) is 24.4 Å². The predicted molar refractivity (Wildman–Crippen MR) is 189 cm³/mol. The molecule has 2 amide bonds. The minimum absolute atomic E-state index is 0.0589. The van der Waals surface area contributed by atoms with Gasteiger partial charge in [-0.2, -0.15) is 0 Å². The van der Waals surface area contributed by atoms with Crippen LogP contribution in [0.15, 0.2) is 113 Å². The van der Waals surface area contributed by atoms with Crippen LogP contribution < -0.4 is 14.4 Å². The zero-order chi connectivity index (χ0) is 33.8. The molecule has 0 aromatic heterocycles. The fraction of sp³-hybridized carbons (Fsp3) is 0.297. The van der Waals surface area contributed by atoms with Gasteiger partial charge in [0.2, 0.25) is 11.8 Å². The third-order valence-corrected chi connectivity index (χ3v) is 10.2. The lowest BCUT2D eigenvalue weighted by Crippen LogP contribution is -2.53. The van der Waals surface area contributed by atoms with E-state index in [2.05, 4.69) is 5.32 Å². The molecule has 0 heterocycles. The van der Waals surface area contributed by atoms with Gasteiger partial charge < -0.3 is 15.0 Å².